The molecule has 1 rings (SSSR count). The molecule has 0 amide bonds. The molecule has 0 spiro atoms. The maximum Gasteiger partial charge on any atom is 0.129 e. The second kappa shape index (κ2) is 6.34. The maximum atomic E-state index is 5.56. The van der Waals surface area contributed by atoms with Crippen LogP contribution in [0.15, 0.2) is 12.1 Å². The minimum atomic E-state index is -0.0227. The van der Waals surface area contributed by atoms with E-state index in [0.29, 0.717) is 5.88 Å². The molecule has 0 aliphatic heterocycles. The van der Waals surface area contributed by atoms with E-state index in [1.165, 1.54) is 5.56 Å². The topological polar surface area (TPSA) is 30.5 Å². The average molecular weight is 269 g/mol. The lowest BCUT2D eigenvalue weighted by Crippen LogP contribution is -2.32. The molecule has 0 aliphatic rings. The SMILES string of the molecule is COc1ccc(C(C)(C)CNCS)c(OC)c1C. The van der Waals surface area contributed by atoms with Gasteiger partial charge in [-0.05, 0) is 13.0 Å². The van der Waals surface area contributed by atoms with Gasteiger partial charge in [-0.25, -0.2) is 0 Å². The van der Waals surface area contributed by atoms with Gasteiger partial charge in [0.05, 0.1) is 14.2 Å². The van der Waals surface area contributed by atoms with E-state index >= 15 is 0 Å². The Morgan fingerprint density at radius 2 is 1.89 bits per heavy atom. The van der Waals surface area contributed by atoms with Crippen LogP contribution >= 0.6 is 12.6 Å². The Balaban J connectivity index is 3.19. The summed E-state index contributed by atoms with van der Waals surface area (Å²) in [6.07, 6.45) is 0. The van der Waals surface area contributed by atoms with E-state index in [4.69, 9.17) is 9.47 Å². The fraction of sp³-hybridized carbons (Fsp3) is 0.571. The molecule has 0 atom stereocenters. The van der Waals surface area contributed by atoms with Gasteiger partial charge in [-0.1, -0.05) is 19.9 Å². The van der Waals surface area contributed by atoms with E-state index in [0.717, 1.165) is 23.6 Å². The molecule has 1 N–H and O–H groups in total. The summed E-state index contributed by atoms with van der Waals surface area (Å²) in [7, 11) is 3.38. The van der Waals surface area contributed by atoms with Crippen molar-refractivity contribution in [1.29, 1.82) is 0 Å². The van der Waals surface area contributed by atoms with Crippen molar-refractivity contribution in [3.63, 3.8) is 0 Å². The molecular formula is C14H23NO2S. The number of hydrogen-bond acceptors (Lipinski definition) is 4. The largest absolute Gasteiger partial charge is 0.496 e. The number of hydrogen-bond donors (Lipinski definition) is 2. The molecule has 1 aromatic rings. The quantitative estimate of drug-likeness (QED) is 0.615. The van der Waals surface area contributed by atoms with E-state index in [-0.39, 0.29) is 5.41 Å². The lowest BCUT2D eigenvalue weighted by molar-refractivity contribution is 0.372. The maximum absolute atomic E-state index is 5.56. The summed E-state index contributed by atoms with van der Waals surface area (Å²) in [6.45, 7) is 7.24. The van der Waals surface area contributed by atoms with Crippen LogP contribution in [0.3, 0.4) is 0 Å². The Morgan fingerprint density at radius 3 is 2.39 bits per heavy atom. The standard InChI is InChI=1S/C14H23NO2S/c1-10-12(16-4)7-6-11(13(10)17-5)14(2,3)8-15-9-18/h6-7,15,18H,8-9H2,1-5H3. The van der Waals surface area contributed by atoms with Crippen molar-refractivity contribution < 1.29 is 9.47 Å². The molecule has 0 fully saturated rings. The normalized spacial score (nSPS) is 11.4. The van der Waals surface area contributed by atoms with Crippen LogP contribution < -0.4 is 14.8 Å². The van der Waals surface area contributed by atoms with Gasteiger partial charge in [0.1, 0.15) is 11.5 Å². The highest BCUT2D eigenvalue weighted by Crippen LogP contribution is 2.37. The second-order valence-corrected chi connectivity index (χ2v) is 5.26. The molecule has 3 nitrogen and oxygen atoms in total. The van der Waals surface area contributed by atoms with Gasteiger partial charge in [-0.2, -0.15) is 12.6 Å². The summed E-state index contributed by atoms with van der Waals surface area (Å²) in [4.78, 5) is 0. The van der Waals surface area contributed by atoms with Gasteiger partial charge in [0.15, 0.2) is 0 Å². The van der Waals surface area contributed by atoms with Gasteiger partial charge in [0.25, 0.3) is 0 Å². The van der Waals surface area contributed by atoms with Crippen molar-refractivity contribution in [1.82, 2.24) is 5.32 Å². The Bertz CT molecular complexity index is 405. The summed E-state index contributed by atoms with van der Waals surface area (Å²) in [5, 5.41) is 3.26. The second-order valence-electron chi connectivity index (χ2n) is 4.94. The predicted octanol–water partition coefficient (Wildman–Crippen LogP) is 2.77. The zero-order valence-corrected chi connectivity index (χ0v) is 12.7. The molecule has 0 bridgehead atoms. The number of methoxy groups -OCH3 is 2. The van der Waals surface area contributed by atoms with Crippen molar-refractivity contribution >= 4 is 12.6 Å². The third-order valence-electron chi connectivity index (χ3n) is 3.19. The smallest absolute Gasteiger partial charge is 0.129 e. The highest BCUT2D eigenvalue weighted by molar-refractivity contribution is 7.80. The molecule has 0 saturated heterocycles. The monoisotopic (exact) mass is 269 g/mol. The van der Waals surface area contributed by atoms with Crippen LogP contribution in [0.4, 0.5) is 0 Å². The van der Waals surface area contributed by atoms with Gasteiger partial charge < -0.3 is 14.8 Å². The van der Waals surface area contributed by atoms with Crippen LogP contribution in [0.5, 0.6) is 11.5 Å². The number of thiol groups is 1. The van der Waals surface area contributed by atoms with Crippen molar-refractivity contribution in [2.75, 3.05) is 26.6 Å². The Morgan fingerprint density at radius 1 is 1.22 bits per heavy atom. The van der Waals surface area contributed by atoms with Crippen molar-refractivity contribution in [2.45, 2.75) is 26.2 Å². The first kappa shape index (κ1) is 15.2. The number of ether oxygens (including phenoxy) is 2. The van der Waals surface area contributed by atoms with Crippen molar-refractivity contribution in [3.8, 4) is 11.5 Å². The van der Waals surface area contributed by atoms with Crippen LogP contribution in [0.1, 0.15) is 25.0 Å². The minimum absolute atomic E-state index is 0.0227. The number of nitrogens with one attached hydrogen (secondary N) is 1. The van der Waals surface area contributed by atoms with Crippen LogP contribution in [0.2, 0.25) is 0 Å². The van der Waals surface area contributed by atoms with Crippen LogP contribution in [-0.2, 0) is 5.41 Å². The van der Waals surface area contributed by atoms with Crippen molar-refractivity contribution in [3.05, 3.63) is 23.3 Å². The van der Waals surface area contributed by atoms with Gasteiger partial charge in [0, 0.05) is 29.0 Å². The zero-order chi connectivity index (χ0) is 13.8. The summed E-state index contributed by atoms with van der Waals surface area (Å²) < 4.78 is 10.9. The Kier molecular flexibility index (Phi) is 5.35. The molecule has 0 saturated carbocycles. The highest BCUT2D eigenvalue weighted by Gasteiger charge is 2.26. The molecule has 1 aromatic carbocycles. The summed E-state index contributed by atoms with van der Waals surface area (Å²) >= 11 is 4.18. The molecule has 0 heterocycles. The zero-order valence-electron chi connectivity index (χ0n) is 11.8. The lowest BCUT2D eigenvalue weighted by Gasteiger charge is -2.28. The molecule has 102 valence electrons. The van der Waals surface area contributed by atoms with Crippen LogP contribution in [0, 0.1) is 6.92 Å². The molecule has 18 heavy (non-hydrogen) atoms. The average Bonchev–Trinajstić information content (AvgIpc) is 2.36. The Hall–Kier alpha value is -0.870. The Labute approximate surface area is 115 Å². The molecule has 0 aromatic heterocycles. The van der Waals surface area contributed by atoms with Crippen molar-refractivity contribution in [2.24, 2.45) is 0 Å². The van der Waals surface area contributed by atoms with Crippen LogP contribution in [-0.4, -0.2) is 26.6 Å². The van der Waals surface area contributed by atoms with Gasteiger partial charge in [-0.15, -0.1) is 0 Å². The molecular weight excluding hydrogens is 246 g/mol. The fourth-order valence-corrected chi connectivity index (χ4v) is 2.27. The number of rotatable bonds is 6. The molecule has 0 unspecified atom stereocenters. The fourth-order valence-electron chi connectivity index (χ4n) is 2.15. The van der Waals surface area contributed by atoms with E-state index in [2.05, 4.69) is 37.9 Å². The minimum Gasteiger partial charge on any atom is -0.496 e. The van der Waals surface area contributed by atoms with E-state index in [1.807, 2.05) is 13.0 Å². The molecule has 0 radical (unpaired) electrons. The van der Waals surface area contributed by atoms with E-state index in [9.17, 15) is 0 Å². The van der Waals surface area contributed by atoms with Gasteiger partial charge in [0.2, 0.25) is 0 Å². The molecule has 4 heteroatoms. The number of benzene rings is 1. The third-order valence-corrected chi connectivity index (χ3v) is 3.41. The van der Waals surface area contributed by atoms with Gasteiger partial charge >= 0.3 is 0 Å². The summed E-state index contributed by atoms with van der Waals surface area (Å²) in [6, 6.07) is 4.07. The first-order valence-corrected chi connectivity index (χ1v) is 6.64. The van der Waals surface area contributed by atoms with Crippen LogP contribution in [0.25, 0.3) is 0 Å². The van der Waals surface area contributed by atoms with E-state index < -0.39 is 0 Å². The third kappa shape index (κ3) is 3.12. The van der Waals surface area contributed by atoms with E-state index in [1.54, 1.807) is 14.2 Å². The molecule has 0 aliphatic carbocycles. The first-order chi connectivity index (χ1) is 8.47. The first-order valence-electron chi connectivity index (χ1n) is 6.01. The highest BCUT2D eigenvalue weighted by atomic mass is 32.1. The predicted molar refractivity (Wildman–Crippen MR) is 79.2 cm³/mol. The van der Waals surface area contributed by atoms with Gasteiger partial charge in [-0.3, -0.25) is 0 Å². The summed E-state index contributed by atoms with van der Waals surface area (Å²) in [5.74, 6) is 2.43. The lowest BCUT2D eigenvalue weighted by atomic mass is 9.83. The summed E-state index contributed by atoms with van der Waals surface area (Å²) in [5.41, 5.74) is 2.19.